The Kier molecular flexibility index (Phi) is 4.71. The van der Waals surface area contributed by atoms with Gasteiger partial charge in [-0.15, -0.1) is 0 Å². The number of rotatable bonds is 4. The van der Waals surface area contributed by atoms with Crippen LogP contribution < -0.4 is 10.6 Å². The van der Waals surface area contributed by atoms with E-state index in [0.717, 1.165) is 29.8 Å². The summed E-state index contributed by atoms with van der Waals surface area (Å²) in [6, 6.07) is 1.95. The van der Waals surface area contributed by atoms with Gasteiger partial charge in [-0.05, 0) is 51.9 Å². The van der Waals surface area contributed by atoms with Crippen molar-refractivity contribution in [3.05, 3.63) is 17.5 Å². The van der Waals surface area contributed by atoms with E-state index in [1.807, 2.05) is 13.0 Å². The van der Waals surface area contributed by atoms with Crippen molar-refractivity contribution in [2.24, 2.45) is 11.7 Å². The van der Waals surface area contributed by atoms with Crippen LogP contribution in [0.5, 0.6) is 0 Å². The Bertz CT molecular complexity index is 412. The van der Waals surface area contributed by atoms with Gasteiger partial charge in [-0.3, -0.25) is 0 Å². The summed E-state index contributed by atoms with van der Waals surface area (Å²) in [5, 5.41) is 0. The monoisotopic (exact) mass is 263 g/mol. The van der Waals surface area contributed by atoms with Gasteiger partial charge in [0.2, 0.25) is 5.95 Å². The van der Waals surface area contributed by atoms with Gasteiger partial charge in [0.25, 0.3) is 0 Å². The van der Waals surface area contributed by atoms with Crippen LogP contribution in [0.4, 0.5) is 5.95 Å². The van der Waals surface area contributed by atoms with Gasteiger partial charge < -0.3 is 15.5 Å². The molecule has 2 heterocycles. The van der Waals surface area contributed by atoms with Crippen LogP contribution in [-0.4, -0.2) is 48.6 Å². The number of hydrogen-bond acceptors (Lipinski definition) is 5. The van der Waals surface area contributed by atoms with Crippen LogP contribution in [0.2, 0.25) is 0 Å². The summed E-state index contributed by atoms with van der Waals surface area (Å²) < 4.78 is 0. The molecule has 2 N–H and O–H groups in total. The van der Waals surface area contributed by atoms with Crippen molar-refractivity contribution in [1.29, 1.82) is 0 Å². The van der Waals surface area contributed by atoms with Crippen molar-refractivity contribution in [2.75, 3.05) is 38.6 Å². The minimum absolute atomic E-state index is 0.471. The first kappa shape index (κ1) is 14.2. The maximum atomic E-state index is 5.67. The van der Waals surface area contributed by atoms with Gasteiger partial charge in [0.15, 0.2) is 0 Å². The van der Waals surface area contributed by atoms with Crippen LogP contribution in [-0.2, 0) is 6.54 Å². The standard InChI is InChI=1S/C14H25N5/c1-11-8-13(9-15)17-14(16-11)19(3)10-12-4-6-18(2)7-5-12/h8,12H,4-7,9-10,15H2,1-3H3. The number of aromatic nitrogens is 2. The molecule has 2 rings (SSSR count). The SMILES string of the molecule is Cc1cc(CN)nc(N(C)CC2CCN(C)CC2)n1. The fourth-order valence-corrected chi connectivity index (χ4v) is 2.61. The smallest absolute Gasteiger partial charge is 0.225 e. The van der Waals surface area contributed by atoms with Crippen molar-refractivity contribution < 1.29 is 0 Å². The molecule has 0 amide bonds. The molecule has 1 aliphatic rings. The second kappa shape index (κ2) is 6.30. The summed E-state index contributed by atoms with van der Waals surface area (Å²) in [5.74, 6) is 1.55. The topological polar surface area (TPSA) is 58.3 Å². The van der Waals surface area contributed by atoms with Crippen molar-refractivity contribution >= 4 is 5.95 Å². The molecule has 0 atom stereocenters. The number of nitrogens with zero attached hydrogens (tertiary/aromatic N) is 4. The Labute approximate surface area is 115 Å². The Balaban J connectivity index is 1.99. The van der Waals surface area contributed by atoms with E-state index in [1.54, 1.807) is 0 Å². The van der Waals surface area contributed by atoms with Crippen molar-refractivity contribution in [3.8, 4) is 0 Å². The van der Waals surface area contributed by atoms with E-state index in [1.165, 1.54) is 25.9 Å². The molecule has 0 unspecified atom stereocenters. The molecule has 0 aliphatic carbocycles. The molecule has 0 radical (unpaired) electrons. The van der Waals surface area contributed by atoms with Gasteiger partial charge in [-0.25, -0.2) is 9.97 Å². The molecule has 1 fully saturated rings. The lowest BCUT2D eigenvalue weighted by Gasteiger charge is -2.31. The molecule has 0 bridgehead atoms. The molecule has 1 aromatic rings. The average Bonchev–Trinajstić information content (AvgIpc) is 2.40. The first-order valence-electron chi connectivity index (χ1n) is 7.03. The van der Waals surface area contributed by atoms with Crippen molar-refractivity contribution in [2.45, 2.75) is 26.3 Å². The Morgan fingerprint density at radius 2 is 2.05 bits per heavy atom. The number of likely N-dealkylation sites (tertiary alicyclic amines) is 1. The van der Waals surface area contributed by atoms with Crippen LogP contribution in [0.25, 0.3) is 0 Å². The van der Waals surface area contributed by atoms with Gasteiger partial charge in [0.1, 0.15) is 0 Å². The Hall–Kier alpha value is -1.20. The number of hydrogen-bond donors (Lipinski definition) is 1. The molecule has 19 heavy (non-hydrogen) atoms. The van der Waals surface area contributed by atoms with Gasteiger partial charge in [-0.2, -0.15) is 0 Å². The number of aryl methyl sites for hydroxylation is 1. The summed E-state index contributed by atoms with van der Waals surface area (Å²) in [7, 11) is 4.27. The highest BCUT2D eigenvalue weighted by atomic mass is 15.2. The largest absolute Gasteiger partial charge is 0.344 e. The molecule has 1 aliphatic heterocycles. The predicted octanol–water partition coefficient (Wildman–Crippen LogP) is 1.02. The molecule has 0 saturated carbocycles. The minimum atomic E-state index is 0.471. The normalized spacial score (nSPS) is 17.7. The number of nitrogens with two attached hydrogens (primary N) is 1. The molecule has 0 spiro atoms. The number of piperidine rings is 1. The fraction of sp³-hybridized carbons (Fsp3) is 0.714. The quantitative estimate of drug-likeness (QED) is 0.879. The first-order valence-corrected chi connectivity index (χ1v) is 7.03. The third-order valence-electron chi connectivity index (χ3n) is 3.82. The Morgan fingerprint density at radius 1 is 1.37 bits per heavy atom. The lowest BCUT2D eigenvalue weighted by atomic mass is 9.97. The van der Waals surface area contributed by atoms with Crippen LogP contribution in [0.3, 0.4) is 0 Å². The maximum absolute atomic E-state index is 5.67. The van der Waals surface area contributed by atoms with E-state index in [9.17, 15) is 0 Å². The summed E-state index contributed by atoms with van der Waals surface area (Å²) in [4.78, 5) is 13.6. The Morgan fingerprint density at radius 3 is 2.68 bits per heavy atom. The summed E-state index contributed by atoms with van der Waals surface area (Å²) in [6.45, 7) is 5.88. The van der Waals surface area contributed by atoms with E-state index >= 15 is 0 Å². The van der Waals surface area contributed by atoms with Crippen LogP contribution in [0.15, 0.2) is 6.07 Å². The lowest BCUT2D eigenvalue weighted by molar-refractivity contribution is 0.222. The molecular formula is C14H25N5. The fourth-order valence-electron chi connectivity index (χ4n) is 2.61. The molecule has 1 aromatic heterocycles. The van der Waals surface area contributed by atoms with E-state index in [4.69, 9.17) is 5.73 Å². The summed E-state index contributed by atoms with van der Waals surface area (Å²) in [5.41, 5.74) is 7.57. The predicted molar refractivity (Wildman–Crippen MR) is 78.2 cm³/mol. The first-order chi connectivity index (χ1) is 9.08. The van der Waals surface area contributed by atoms with Crippen LogP contribution >= 0.6 is 0 Å². The molecule has 1 saturated heterocycles. The van der Waals surface area contributed by atoms with Gasteiger partial charge >= 0.3 is 0 Å². The number of anilines is 1. The molecule has 5 nitrogen and oxygen atoms in total. The highest BCUT2D eigenvalue weighted by Gasteiger charge is 2.19. The van der Waals surface area contributed by atoms with Gasteiger partial charge in [-0.1, -0.05) is 0 Å². The van der Waals surface area contributed by atoms with Crippen LogP contribution in [0.1, 0.15) is 24.2 Å². The second-order valence-corrected chi connectivity index (χ2v) is 5.63. The molecular weight excluding hydrogens is 238 g/mol. The molecule has 0 aromatic carbocycles. The molecule has 106 valence electrons. The van der Waals surface area contributed by atoms with E-state index in [-0.39, 0.29) is 0 Å². The zero-order chi connectivity index (χ0) is 13.8. The molecule has 5 heteroatoms. The average molecular weight is 263 g/mol. The zero-order valence-electron chi connectivity index (χ0n) is 12.3. The minimum Gasteiger partial charge on any atom is -0.344 e. The van der Waals surface area contributed by atoms with Crippen LogP contribution in [0, 0.1) is 12.8 Å². The van der Waals surface area contributed by atoms with Crippen molar-refractivity contribution in [3.63, 3.8) is 0 Å². The van der Waals surface area contributed by atoms with Crippen molar-refractivity contribution in [1.82, 2.24) is 14.9 Å². The maximum Gasteiger partial charge on any atom is 0.225 e. The van der Waals surface area contributed by atoms with E-state index < -0.39 is 0 Å². The zero-order valence-corrected chi connectivity index (χ0v) is 12.3. The second-order valence-electron chi connectivity index (χ2n) is 5.63. The van der Waals surface area contributed by atoms with E-state index in [2.05, 4.69) is 33.9 Å². The highest BCUT2D eigenvalue weighted by molar-refractivity contribution is 5.31. The van der Waals surface area contributed by atoms with Gasteiger partial charge in [0, 0.05) is 25.8 Å². The summed E-state index contributed by atoms with van der Waals surface area (Å²) in [6.07, 6.45) is 2.52. The van der Waals surface area contributed by atoms with Gasteiger partial charge in [0.05, 0.1) is 5.69 Å². The summed E-state index contributed by atoms with van der Waals surface area (Å²) >= 11 is 0. The van der Waals surface area contributed by atoms with E-state index in [0.29, 0.717) is 6.54 Å². The highest BCUT2D eigenvalue weighted by Crippen LogP contribution is 2.19. The lowest BCUT2D eigenvalue weighted by Crippen LogP contribution is -2.36. The third-order valence-corrected chi connectivity index (χ3v) is 3.82. The third kappa shape index (κ3) is 3.88.